The lowest BCUT2D eigenvalue weighted by molar-refractivity contribution is -0.146. The fourth-order valence-electron chi connectivity index (χ4n) is 2.20. The molecule has 9 heteroatoms. The number of aliphatic carboxylic acids is 1. The quantitative estimate of drug-likeness (QED) is 0.917. The summed E-state index contributed by atoms with van der Waals surface area (Å²) in [6.07, 6.45) is 0.0198. The third kappa shape index (κ3) is 2.62. The highest BCUT2D eigenvalue weighted by atomic mass is 32.2. The van der Waals surface area contributed by atoms with Crippen LogP contribution in [-0.2, 0) is 14.8 Å². The van der Waals surface area contributed by atoms with E-state index in [4.69, 9.17) is 5.11 Å². The highest BCUT2D eigenvalue weighted by molar-refractivity contribution is 7.89. The molecule has 1 fully saturated rings. The number of nitrogens with zero attached hydrogens (tertiary/aromatic N) is 1. The van der Waals surface area contributed by atoms with Crippen LogP contribution < -0.4 is 0 Å². The molecular formula is C12H12F3NO4S. The van der Waals surface area contributed by atoms with Crippen molar-refractivity contribution in [1.29, 1.82) is 0 Å². The number of sulfonamides is 1. The van der Waals surface area contributed by atoms with Gasteiger partial charge in [-0.2, -0.15) is 4.31 Å². The Bertz CT molecular complexity index is 683. The molecule has 0 amide bonds. The van der Waals surface area contributed by atoms with Crippen LogP contribution in [0.2, 0.25) is 0 Å². The Morgan fingerprint density at radius 1 is 1.29 bits per heavy atom. The van der Waals surface area contributed by atoms with E-state index in [1.807, 2.05) is 0 Å². The van der Waals surface area contributed by atoms with E-state index in [1.165, 1.54) is 6.92 Å². The molecule has 1 unspecified atom stereocenters. The maximum absolute atomic E-state index is 13.6. The first-order valence-electron chi connectivity index (χ1n) is 5.96. The topological polar surface area (TPSA) is 74.7 Å². The summed E-state index contributed by atoms with van der Waals surface area (Å²) >= 11 is 0. The molecule has 21 heavy (non-hydrogen) atoms. The zero-order chi connectivity index (χ0) is 16.0. The Kier molecular flexibility index (Phi) is 3.75. The third-order valence-electron chi connectivity index (χ3n) is 3.52. The molecule has 0 aromatic heterocycles. The van der Waals surface area contributed by atoms with Crippen LogP contribution in [0.1, 0.15) is 13.3 Å². The number of carboxylic acid groups (broad SMARTS) is 1. The summed E-state index contributed by atoms with van der Waals surface area (Å²) in [5, 5.41) is 9.05. The summed E-state index contributed by atoms with van der Waals surface area (Å²) in [5.74, 6) is -5.52. The second kappa shape index (κ2) is 4.99. The molecule has 1 aliphatic heterocycles. The number of carbonyl (C=O) groups is 1. The van der Waals surface area contributed by atoms with Crippen LogP contribution in [0.3, 0.4) is 0 Å². The van der Waals surface area contributed by atoms with Gasteiger partial charge in [0, 0.05) is 25.2 Å². The summed E-state index contributed by atoms with van der Waals surface area (Å²) in [5.41, 5.74) is -1.32. The standard InChI is InChI=1S/C12H12F3NO4S/c1-12(11(17)18)2-3-16(6-12)21(19,20)10-8(14)4-7(13)5-9(10)15/h4-5H,2-3,6H2,1H3,(H,17,18). The smallest absolute Gasteiger partial charge is 0.310 e. The SMILES string of the molecule is CC1(C(=O)O)CCN(S(=O)(=O)c2c(F)cc(F)cc2F)C1. The van der Waals surface area contributed by atoms with Gasteiger partial charge in [0.05, 0.1) is 5.41 Å². The molecule has 1 heterocycles. The maximum atomic E-state index is 13.6. The molecule has 0 aliphatic carbocycles. The van der Waals surface area contributed by atoms with Crippen LogP contribution in [-0.4, -0.2) is 36.9 Å². The molecule has 0 bridgehead atoms. The Hall–Kier alpha value is -1.61. The van der Waals surface area contributed by atoms with Crippen molar-refractivity contribution in [2.75, 3.05) is 13.1 Å². The predicted molar refractivity (Wildman–Crippen MR) is 65.4 cm³/mol. The van der Waals surface area contributed by atoms with Crippen molar-refractivity contribution < 1.29 is 31.5 Å². The van der Waals surface area contributed by atoms with Crippen LogP contribution in [0, 0.1) is 22.9 Å². The second-order valence-electron chi connectivity index (χ2n) is 5.15. The van der Waals surface area contributed by atoms with E-state index in [1.54, 1.807) is 0 Å². The molecule has 0 radical (unpaired) electrons. The lowest BCUT2D eigenvalue weighted by Gasteiger charge is -2.20. The summed E-state index contributed by atoms with van der Waals surface area (Å²) in [4.78, 5) is 9.83. The average Bonchev–Trinajstić information content (AvgIpc) is 2.72. The van der Waals surface area contributed by atoms with Crippen LogP contribution in [0.25, 0.3) is 0 Å². The monoisotopic (exact) mass is 323 g/mol. The van der Waals surface area contributed by atoms with Gasteiger partial charge in [-0.1, -0.05) is 0 Å². The number of halogens is 3. The molecule has 1 aliphatic rings. The summed E-state index contributed by atoms with van der Waals surface area (Å²) in [7, 11) is -4.57. The van der Waals surface area contributed by atoms with Gasteiger partial charge in [-0.15, -0.1) is 0 Å². The second-order valence-corrected chi connectivity index (χ2v) is 7.03. The Labute approximate surface area is 119 Å². The molecule has 1 aromatic carbocycles. The van der Waals surface area contributed by atoms with E-state index >= 15 is 0 Å². The molecule has 1 saturated heterocycles. The highest BCUT2D eigenvalue weighted by Crippen LogP contribution is 2.35. The fraction of sp³-hybridized carbons (Fsp3) is 0.417. The van der Waals surface area contributed by atoms with Gasteiger partial charge in [0.25, 0.3) is 0 Å². The minimum Gasteiger partial charge on any atom is -0.481 e. The minimum absolute atomic E-state index is 0.0198. The van der Waals surface area contributed by atoms with Crippen molar-refractivity contribution >= 4 is 16.0 Å². The van der Waals surface area contributed by atoms with E-state index in [0.29, 0.717) is 4.31 Å². The van der Waals surface area contributed by atoms with Gasteiger partial charge in [-0.3, -0.25) is 4.79 Å². The zero-order valence-electron chi connectivity index (χ0n) is 10.9. The molecule has 0 spiro atoms. The van der Waals surface area contributed by atoms with Crippen molar-refractivity contribution in [3.63, 3.8) is 0 Å². The first-order chi connectivity index (χ1) is 9.58. The minimum atomic E-state index is -4.57. The van der Waals surface area contributed by atoms with Crippen LogP contribution >= 0.6 is 0 Å². The highest BCUT2D eigenvalue weighted by Gasteiger charge is 2.46. The van der Waals surface area contributed by atoms with Crippen LogP contribution in [0.15, 0.2) is 17.0 Å². The molecule has 1 atom stereocenters. The van der Waals surface area contributed by atoms with Gasteiger partial charge in [-0.05, 0) is 13.3 Å². The molecule has 0 saturated carbocycles. The van der Waals surface area contributed by atoms with E-state index in [9.17, 15) is 26.4 Å². The number of hydrogen-bond acceptors (Lipinski definition) is 3. The van der Waals surface area contributed by atoms with E-state index in [2.05, 4.69) is 0 Å². The normalized spacial score (nSPS) is 23.4. The van der Waals surface area contributed by atoms with Gasteiger partial charge in [-0.25, -0.2) is 21.6 Å². The van der Waals surface area contributed by atoms with Crippen LogP contribution in [0.5, 0.6) is 0 Å². The molecule has 2 rings (SSSR count). The first kappa shape index (κ1) is 15.8. The third-order valence-corrected chi connectivity index (χ3v) is 5.41. The van der Waals surface area contributed by atoms with Crippen molar-refractivity contribution in [3.8, 4) is 0 Å². The van der Waals surface area contributed by atoms with Crippen molar-refractivity contribution in [2.45, 2.75) is 18.2 Å². The maximum Gasteiger partial charge on any atom is 0.310 e. The summed E-state index contributed by atoms with van der Waals surface area (Å²) in [6, 6.07) is 0.533. The molecule has 5 nitrogen and oxygen atoms in total. The molecule has 116 valence electrons. The van der Waals surface area contributed by atoms with Gasteiger partial charge < -0.3 is 5.11 Å². The molecule has 1 N–H and O–H groups in total. The number of hydrogen-bond donors (Lipinski definition) is 1. The Morgan fingerprint density at radius 3 is 2.24 bits per heavy atom. The lowest BCUT2D eigenvalue weighted by atomic mass is 9.90. The van der Waals surface area contributed by atoms with Crippen molar-refractivity contribution in [1.82, 2.24) is 4.31 Å². The van der Waals surface area contributed by atoms with Gasteiger partial charge in [0.1, 0.15) is 17.5 Å². The lowest BCUT2D eigenvalue weighted by Crippen LogP contribution is -2.35. The van der Waals surface area contributed by atoms with Gasteiger partial charge >= 0.3 is 5.97 Å². The number of rotatable bonds is 3. The van der Waals surface area contributed by atoms with E-state index < -0.39 is 50.3 Å². The fourth-order valence-corrected chi connectivity index (χ4v) is 3.86. The summed E-state index contributed by atoms with van der Waals surface area (Å²) < 4.78 is 65.2. The molecular weight excluding hydrogens is 311 g/mol. The molecule has 1 aromatic rings. The van der Waals surface area contributed by atoms with E-state index in [-0.39, 0.29) is 25.1 Å². The van der Waals surface area contributed by atoms with Gasteiger partial charge in [0.2, 0.25) is 10.0 Å². The number of benzene rings is 1. The van der Waals surface area contributed by atoms with Gasteiger partial charge in [0.15, 0.2) is 4.90 Å². The first-order valence-corrected chi connectivity index (χ1v) is 7.40. The Morgan fingerprint density at radius 2 is 1.81 bits per heavy atom. The van der Waals surface area contributed by atoms with E-state index in [0.717, 1.165) is 0 Å². The van der Waals surface area contributed by atoms with Crippen LogP contribution in [0.4, 0.5) is 13.2 Å². The Balaban J connectivity index is 2.44. The largest absolute Gasteiger partial charge is 0.481 e. The average molecular weight is 323 g/mol. The van der Waals surface area contributed by atoms with Crippen molar-refractivity contribution in [2.24, 2.45) is 5.41 Å². The summed E-state index contributed by atoms with van der Waals surface area (Å²) in [6.45, 7) is 0.768. The predicted octanol–water partition coefficient (Wildman–Crippen LogP) is 1.59. The number of carboxylic acids is 1. The zero-order valence-corrected chi connectivity index (χ0v) is 11.8. The van der Waals surface area contributed by atoms with Crippen molar-refractivity contribution in [3.05, 3.63) is 29.6 Å².